The van der Waals surface area contributed by atoms with Crippen LogP contribution in [0, 0.1) is 17.5 Å². The van der Waals surface area contributed by atoms with Crippen LogP contribution in [0.5, 0.6) is 0 Å². The fraction of sp³-hybridized carbons (Fsp3) is 0.143. The van der Waals surface area contributed by atoms with Crippen LogP contribution in [0.25, 0.3) is 0 Å². The summed E-state index contributed by atoms with van der Waals surface area (Å²) in [4.78, 5) is 0. The van der Waals surface area contributed by atoms with Gasteiger partial charge in [0, 0.05) is 19.7 Å². The van der Waals surface area contributed by atoms with Crippen LogP contribution in [0.2, 0.25) is 0 Å². The molecule has 0 aliphatic rings. The van der Waals surface area contributed by atoms with Crippen molar-refractivity contribution in [1.29, 1.82) is 0 Å². The average Bonchev–Trinajstić information content (AvgIpc) is 1.94. The van der Waals surface area contributed by atoms with E-state index in [1.807, 2.05) is 0 Å². The maximum atomic E-state index is 12.8. The highest BCUT2D eigenvalue weighted by Gasteiger charge is 2.07. The molecule has 0 aromatic heterocycles. The second kappa shape index (κ2) is 3.26. The Morgan fingerprint density at radius 1 is 1.18 bits per heavy atom. The number of alkyl halides is 1. The molecule has 0 radical (unpaired) electrons. The summed E-state index contributed by atoms with van der Waals surface area (Å²) in [6.07, 6.45) is 0. The van der Waals surface area contributed by atoms with Crippen molar-refractivity contribution in [2.24, 2.45) is 0 Å². The molecule has 0 saturated heterocycles. The van der Waals surface area contributed by atoms with Gasteiger partial charge in [0.25, 0.3) is 0 Å². The van der Waals surface area contributed by atoms with E-state index in [4.69, 9.17) is 2.74 Å². The second-order valence-electron chi connectivity index (χ2n) is 1.84. The van der Waals surface area contributed by atoms with Crippen LogP contribution in [-0.4, -0.2) is 0 Å². The van der Waals surface area contributed by atoms with Gasteiger partial charge < -0.3 is 0 Å². The predicted octanol–water partition coefficient (Wildman–Crippen LogP) is 3.00. The normalized spacial score (nSPS) is 14.2. The van der Waals surface area contributed by atoms with Crippen LogP contribution in [0.4, 0.5) is 13.2 Å². The molecule has 0 N–H and O–H groups in total. The van der Waals surface area contributed by atoms with Gasteiger partial charge in [0.2, 0.25) is 0 Å². The van der Waals surface area contributed by atoms with Crippen molar-refractivity contribution in [2.45, 2.75) is 5.28 Å². The van der Waals surface area contributed by atoms with Crippen molar-refractivity contribution in [3.63, 3.8) is 0 Å². The van der Waals surface area contributed by atoms with Gasteiger partial charge in [-0.05, 0) is 6.07 Å². The van der Waals surface area contributed by atoms with Crippen LogP contribution in [0.3, 0.4) is 0 Å². The van der Waals surface area contributed by atoms with Gasteiger partial charge in [0.15, 0.2) is 11.6 Å². The lowest BCUT2D eigenvalue weighted by Gasteiger charge is -1.98. The lowest BCUT2D eigenvalue weighted by Crippen LogP contribution is -1.91. The van der Waals surface area contributed by atoms with Crippen LogP contribution in [-0.2, 0) is 5.28 Å². The summed E-state index contributed by atoms with van der Waals surface area (Å²) in [6.45, 7) is 0. The molecule has 1 rings (SSSR count). The number of halogens is 4. The molecule has 0 fully saturated rings. The Labute approximate surface area is 73.0 Å². The number of benzene rings is 1. The Morgan fingerprint density at radius 2 is 1.73 bits per heavy atom. The van der Waals surface area contributed by atoms with Gasteiger partial charge in [-0.2, -0.15) is 0 Å². The molecule has 0 unspecified atom stereocenters. The maximum Gasteiger partial charge on any atom is 0.161 e. The summed E-state index contributed by atoms with van der Waals surface area (Å²) in [5.74, 6) is -3.74. The average molecular weight is 227 g/mol. The molecule has 0 bridgehead atoms. The summed E-state index contributed by atoms with van der Waals surface area (Å²) >= 11 is 2.50. The standard InChI is InChI=1S/C7H4BrF3/c8-3-4-1-6(10)7(11)2-5(4)9/h1-2H,3H2/i3D2. The summed E-state index contributed by atoms with van der Waals surface area (Å²) < 4.78 is 51.9. The highest BCUT2D eigenvalue weighted by Crippen LogP contribution is 2.15. The fourth-order valence-corrected chi connectivity index (χ4v) is 0.899. The summed E-state index contributed by atoms with van der Waals surface area (Å²) in [5, 5.41) is -2.20. The van der Waals surface area contributed by atoms with E-state index in [9.17, 15) is 13.2 Å². The van der Waals surface area contributed by atoms with Crippen LogP contribution in [0.15, 0.2) is 12.1 Å². The minimum atomic E-state index is -2.20. The Balaban J connectivity index is 3.32. The molecular weight excluding hydrogens is 221 g/mol. The Morgan fingerprint density at radius 3 is 2.27 bits per heavy atom. The molecule has 11 heavy (non-hydrogen) atoms. The molecule has 4 heteroatoms. The first-order valence-electron chi connectivity index (χ1n) is 3.66. The quantitative estimate of drug-likeness (QED) is 0.511. The molecule has 0 atom stereocenters. The first-order valence-corrected chi connectivity index (χ1v) is 3.45. The predicted molar refractivity (Wildman–Crippen MR) is 38.9 cm³/mol. The molecule has 1 aromatic rings. The smallest absolute Gasteiger partial charge is 0.161 e. The first-order chi connectivity index (χ1) is 5.82. The van der Waals surface area contributed by atoms with E-state index in [1.54, 1.807) is 0 Å². The number of hydrogen-bond donors (Lipinski definition) is 0. The van der Waals surface area contributed by atoms with Gasteiger partial charge >= 0.3 is 0 Å². The molecule has 60 valence electrons. The topological polar surface area (TPSA) is 0 Å². The van der Waals surface area contributed by atoms with E-state index in [0.29, 0.717) is 12.1 Å². The number of hydrogen-bond acceptors (Lipinski definition) is 0. The molecule has 0 aliphatic heterocycles. The van der Waals surface area contributed by atoms with Crippen molar-refractivity contribution in [3.8, 4) is 0 Å². The minimum Gasteiger partial charge on any atom is -0.207 e. The molecule has 1 aromatic carbocycles. The van der Waals surface area contributed by atoms with Gasteiger partial charge in [0.1, 0.15) is 5.82 Å². The number of rotatable bonds is 1. The van der Waals surface area contributed by atoms with Gasteiger partial charge in [-0.1, -0.05) is 15.9 Å². The fourth-order valence-electron chi connectivity index (χ4n) is 0.595. The Hall–Kier alpha value is -0.510. The Bertz CT molecular complexity index is 335. The maximum absolute atomic E-state index is 12.8. The van der Waals surface area contributed by atoms with Gasteiger partial charge in [-0.3, -0.25) is 0 Å². The van der Waals surface area contributed by atoms with E-state index in [2.05, 4.69) is 15.9 Å². The van der Waals surface area contributed by atoms with Crippen molar-refractivity contribution in [1.82, 2.24) is 0 Å². The third-order valence-corrected chi connectivity index (χ3v) is 1.54. The highest BCUT2D eigenvalue weighted by atomic mass is 79.9. The van der Waals surface area contributed by atoms with Gasteiger partial charge in [0.05, 0.1) is 0 Å². The molecule has 0 aliphatic carbocycles. The molecule has 0 amide bonds. The van der Waals surface area contributed by atoms with Crippen LogP contribution in [0.1, 0.15) is 8.30 Å². The van der Waals surface area contributed by atoms with E-state index >= 15 is 0 Å². The van der Waals surface area contributed by atoms with E-state index in [0.717, 1.165) is 0 Å². The van der Waals surface area contributed by atoms with Crippen molar-refractivity contribution in [3.05, 3.63) is 35.1 Å². The second-order valence-corrected chi connectivity index (χ2v) is 2.24. The summed E-state index contributed by atoms with van der Waals surface area (Å²) in [6, 6.07) is 0.795. The largest absolute Gasteiger partial charge is 0.207 e. The highest BCUT2D eigenvalue weighted by molar-refractivity contribution is 9.08. The first kappa shape index (κ1) is 6.06. The molecule has 0 heterocycles. The zero-order chi connectivity index (χ0) is 10.2. The third-order valence-electron chi connectivity index (χ3n) is 1.11. The van der Waals surface area contributed by atoms with Crippen LogP contribution < -0.4 is 0 Å². The molecule has 0 saturated carbocycles. The zero-order valence-corrected chi connectivity index (χ0v) is 6.75. The van der Waals surface area contributed by atoms with Crippen molar-refractivity contribution in [2.75, 3.05) is 0 Å². The van der Waals surface area contributed by atoms with Gasteiger partial charge in [-0.25, -0.2) is 13.2 Å². The Kier molecular flexibility index (Phi) is 1.79. The summed E-state index contributed by atoms with van der Waals surface area (Å²) in [5.41, 5.74) is -0.564. The molecule has 0 spiro atoms. The lowest BCUT2D eigenvalue weighted by atomic mass is 10.2. The lowest BCUT2D eigenvalue weighted by molar-refractivity contribution is 0.492. The monoisotopic (exact) mass is 226 g/mol. The van der Waals surface area contributed by atoms with E-state index < -0.39 is 28.3 Å². The van der Waals surface area contributed by atoms with Crippen molar-refractivity contribution >= 4 is 15.9 Å². The molecular formula is C7H4BrF3. The molecule has 0 nitrogen and oxygen atoms in total. The van der Waals surface area contributed by atoms with Crippen molar-refractivity contribution < 1.29 is 15.9 Å². The third kappa shape index (κ3) is 1.74. The summed E-state index contributed by atoms with van der Waals surface area (Å²) in [7, 11) is 0. The van der Waals surface area contributed by atoms with Gasteiger partial charge in [-0.15, -0.1) is 0 Å². The van der Waals surface area contributed by atoms with Crippen LogP contribution >= 0.6 is 15.9 Å². The SMILES string of the molecule is [2H]C([2H])(Br)c1cc(F)c(F)cc1F. The minimum absolute atomic E-state index is 0.309. The van der Waals surface area contributed by atoms with E-state index in [-0.39, 0.29) is 0 Å². The zero-order valence-electron chi connectivity index (χ0n) is 7.17. The van der Waals surface area contributed by atoms with E-state index in [1.165, 1.54) is 0 Å².